The number of carboxylic acids is 1. The van der Waals surface area contributed by atoms with Gasteiger partial charge < -0.3 is 10.0 Å². The Kier molecular flexibility index (Phi) is 6.48. The standard InChI is InChI=1S/C14H24N2O4/c1-3-16(9-11-5-4-6-11)14(20)15-12(17)7-10(2)8-13(18)19/h10-11H,3-9H2,1-2H3,(H,18,19)(H,15,17,20). The number of hydrogen-bond acceptors (Lipinski definition) is 3. The summed E-state index contributed by atoms with van der Waals surface area (Å²) >= 11 is 0. The minimum atomic E-state index is -0.934. The van der Waals surface area contributed by atoms with Crippen molar-refractivity contribution in [2.24, 2.45) is 11.8 Å². The number of imide groups is 1. The molecule has 114 valence electrons. The Morgan fingerprint density at radius 1 is 1.30 bits per heavy atom. The third-order valence-electron chi connectivity index (χ3n) is 3.68. The summed E-state index contributed by atoms with van der Waals surface area (Å²) in [6.45, 7) is 4.83. The summed E-state index contributed by atoms with van der Waals surface area (Å²) in [6.07, 6.45) is 3.50. The largest absolute Gasteiger partial charge is 0.481 e. The van der Waals surface area contributed by atoms with Crippen LogP contribution in [0.4, 0.5) is 4.79 Å². The molecule has 1 saturated carbocycles. The Hall–Kier alpha value is -1.59. The van der Waals surface area contributed by atoms with Gasteiger partial charge in [0.1, 0.15) is 0 Å². The molecule has 6 heteroatoms. The van der Waals surface area contributed by atoms with Crippen LogP contribution in [0.1, 0.15) is 46.0 Å². The molecule has 1 rings (SSSR count). The fourth-order valence-corrected chi connectivity index (χ4v) is 2.28. The number of carboxylic acid groups (broad SMARTS) is 1. The lowest BCUT2D eigenvalue weighted by Gasteiger charge is -2.31. The average Bonchev–Trinajstić information content (AvgIpc) is 2.25. The van der Waals surface area contributed by atoms with Crippen molar-refractivity contribution >= 4 is 17.9 Å². The van der Waals surface area contributed by atoms with Gasteiger partial charge in [-0.15, -0.1) is 0 Å². The smallest absolute Gasteiger partial charge is 0.324 e. The first kappa shape index (κ1) is 16.5. The van der Waals surface area contributed by atoms with Gasteiger partial charge in [0.05, 0.1) is 0 Å². The molecule has 0 aliphatic heterocycles. The van der Waals surface area contributed by atoms with Crippen LogP contribution in [-0.2, 0) is 9.59 Å². The summed E-state index contributed by atoms with van der Waals surface area (Å²) in [4.78, 5) is 35.8. The molecule has 0 aromatic heterocycles. The van der Waals surface area contributed by atoms with Crippen LogP contribution in [-0.4, -0.2) is 41.0 Å². The summed E-state index contributed by atoms with van der Waals surface area (Å²) in [5.41, 5.74) is 0. The minimum absolute atomic E-state index is 0.0546. The molecule has 0 spiro atoms. The van der Waals surface area contributed by atoms with Crippen molar-refractivity contribution in [1.82, 2.24) is 10.2 Å². The van der Waals surface area contributed by atoms with E-state index in [1.165, 1.54) is 6.42 Å². The van der Waals surface area contributed by atoms with Gasteiger partial charge in [0.25, 0.3) is 0 Å². The molecule has 3 amide bonds. The molecule has 2 N–H and O–H groups in total. The molecule has 0 heterocycles. The van der Waals surface area contributed by atoms with Crippen molar-refractivity contribution in [2.75, 3.05) is 13.1 Å². The molecular formula is C14H24N2O4. The monoisotopic (exact) mass is 284 g/mol. The summed E-state index contributed by atoms with van der Waals surface area (Å²) in [7, 11) is 0. The lowest BCUT2D eigenvalue weighted by Crippen LogP contribution is -2.45. The van der Waals surface area contributed by atoms with Crippen LogP contribution in [0.15, 0.2) is 0 Å². The number of carbonyl (C=O) groups is 3. The van der Waals surface area contributed by atoms with E-state index in [1.807, 2.05) is 6.92 Å². The molecule has 0 radical (unpaired) electrons. The molecule has 1 fully saturated rings. The summed E-state index contributed by atoms with van der Waals surface area (Å²) in [5.74, 6) is -1.06. The zero-order valence-electron chi connectivity index (χ0n) is 12.2. The van der Waals surface area contributed by atoms with Gasteiger partial charge in [-0.1, -0.05) is 13.3 Å². The molecule has 1 atom stereocenters. The van der Waals surface area contributed by atoms with Gasteiger partial charge in [0, 0.05) is 25.9 Å². The van der Waals surface area contributed by atoms with Crippen molar-refractivity contribution in [1.29, 1.82) is 0 Å². The van der Waals surface area contributed by atoms with E-state index in [0.29, 0.717) is 19.0 Å². The first-order valence-electron chi connectivity index (χ1n) is 7.22. The molecule has 20 heavy (non-hydrogen) atoms. The van der Waals surface area contributed by atoms with Gasteiger partial charge in [-0.3, -0.25) is 14.9 Å². The maximum atomic E-state index is 11.9. The van der Waals surface area contributed by atoms with Crippen LogP contribution in [0.25, 0.3) is 0 Å². The number of nitrogens with zero attached hydrogens (tertiary/aromatic N) is 1. The van der Waals surface area contributed by atoms with Crippen molar-refractivity contribution in [3.05, 3.63) is 0 Å². The van der Waals surface area contributed by atoms with E-state index in [9.17, 15) is 14.4 Å². The Morgan fingerprint density at radius 2 is 1.95 bits per heavy atom. The molecule has 1 unspecified atom stereocenters. The molecule has 1 aliphatic carbocycles. The van der Waals surface area contributed by atoms with Crippen molar-refractivity contribution in [3.63, 3.8) is 0 Å². The predicted octanol–water partition coefficient (Wildman–Crippen LogP) is 1.85. The normalized spacial score (nSPS) is 16.1. The number of urea groups is 1. The summed E-state index contributed by atoms with van der Waals surface area (Å²) in [5, 5.41) is 11.0. The molecule has 1 aliphatic rings. The quantitative estimate of drug-likeness (QED) is 0.747. The van der Waals surface area contributed by atoms with Gasteiger partial charge in [-0.2, -0.15) is 0 Å². The van der Waals surface area contributed by atoms with E-state index < -0.39 is 11.9 Å². The zero-order valence-corrected chi connectivity index (χ0v) is 12.2. The lowest BCUT2D eigenvalue weighted by molar-refractivity contribution is -0.138. The average molecular weight is 284 g/mol. The Labute approximate surface area is 119 Å². The number of carbonyl (C=O) groups excluding carboxylic acids is 2. The fraction of sp³-hybridized carbons (Fsp3) is 0.786. The Morgan fingerprint density at radius 3 is 2.40 bits per heavy atom. The van der Waals surface area contributed by atoms with E-state index in [0.717, 1.165) is 12.8 Å². The van der Waals surface area contributed by atoms with Crippen LogP contribution in [0.2, 0.25) is 0 Å². The van der Waals surface area contributed by atoms with Crippen molar-refractivity contribution in [3.8, 4) is 0 Å². The van der Waals surface area contributed by atoms with Crippen molar-refractivity contribution in [2.45, 2.75) is 46.0 Å². The van der Waals surface area contributed by atoms with E-state index in [2.05, 4.69) is 5.32 Å². The highest BCUT2D eigenvalue weighted by atomic mass is 16.4. The first-order valence-corrected chi connectivity index (χ1v) is 7.22. The fourth-order valence-electron chi connectivity index (χ4n) is 2.28. The van der Waals surface area contributed by atoms with E-state index >= 15 is 0 Å². The Bertz CT molecular complexity index is 366. The highest BCUT2D eigenvalue weighted by molar-refractivity contribution is 5.94. The van der Waals surface area contributed by atoms with Crippen LogP contribution >= 0.6 is 0 Å². The van der Waals surface area contributed by atoms with Crippen LogP contribution in [0, 0.1) is 11.8 Å². The predicted molar refractivity (Wildman–Crippen MR) is 74.2 cm³/mol. The second-order valence-electron chi connectivity index (χ2n) is 5.60. The first-order chi connectivity index (χ1) is 9.42. The van der Waals surface area contributed by atoms with Crippen LogP contribution in [0.5, 0.6) is 0 Å². The molecule has 0 aromatic carbocycles. The second kappa shape index (κ2) is 7.87. The van der Waals surface area contributed by atoms with Gasteiger partial charge in [-0.25, -0.2) is 4.79 Å². The van der Waals surface area contributed by atoms with Gasteiger partial charge in [0.2, 0.25) is 5.91 Å². The lowest BCUT2D eigenvalue weighted by atomic mass is 9.85. The van der Waals surface area contributed by atoms with E-state index in [1.54, 1.807) is 11.8 Å². The van der Waals surface area contributed by atoms with Gasteiger partial charge in [0.15, 0.2) is 0 Å². The number of hydrogen-bond donors (Lipinski definition) is 2. The topological polar surface area (TPSA) is 86.7 Å². The zero-order chi connectivity index (χ0) is 15.1. The molecule has 0 bridgehead atoms. The van der Waals surface area contributed by atoms with E-state index in [4.69, 9.17) is 5.11 Å². The highest BCUT2D eigenvalue weighted by Gasteiger charge is 2.24. The third kappa shape index (κ3) is 5.59. The number of amides is 3. The molecule has 6 nitrogen and oxygen atoms in total. The summed E-state index contributed by atoms with van der Waals surface area (Å²) in [6, 6.07) is -0.369. The van der Waals surface area contributed by atoms with Gasteiger partial charge >= 0.3 is 12.0 Å². The third-order valence-corrected chi connectivity index (χ3v) is 3.68. The molecule has 0 aromatic rings. The van der Waals surface area contributed by atoms with Crippen molar-refractivity contribution < 1.29 is 19.5 Å². The second-order valence-corrected chi connectivity index (χ2v) is 5.60. The number of aliphatic carboxylic acids is 1. The highest BCUT2D eigenvalue weighted by Crippen LogP contribution is 2.27. The maximum absolute atomic E-state index is 11.9. The number of rotatable bonds is 7. The van der Waals surface area contributed by atoms with Crippen LogP contribution < -0.4 is 5.32 Å². The van der Waals surface area contributed by atoms with Gasteiger partial charge in [-0.05, 0) is 31.6 Å². The van der Waals surface area contributed by atoms with E-state index in [-0.39, 0.29) is 24.8 Å². The molecule has 0 saturated heterocycles. The summed E-state index contributed by atoms with van der Waals surface area (Å²) < 4.78 is 0. The Balaban J connectivity index is 2.34. The number of nitrogens with one attached hydrogen (secondary N) is 1. The minimum Gasteiger partial charge on any atom is -0.481 e. The molecular weight excluding hydrogens is 260 g/mol. The van der Waals surface area contributed by atoms with Crippen LogP contribution in [0.3, 0.4) is 0 Å². The maximum Gasteiger partial charge on any atom is 0.324 e. The SMILES string of the molecule is CCN(CC1CCC1)C(=O)NC(=O)CC(C)CC(=O)O.